The van der Waals surface area contributed by atoms with Crippen LogP contribution in [0.15, 0.2) is 30.3 Å². The highest BCUT2D eigenvalue weighted by Crippen LogP contribution is 2.32. The lowest BCUT2D eigenvalue weighted by molar-refractivity contribution is -0.143. The van der Waals surface area contributed by atoms with Gasteiger partial charge in [-0.2, -0.15) is 0 Å². The molecule has 0 aliphatic carbocycles. The van der Waals surface area contributed by atoms with E-state index in [4.69, 9.17) is 0 Å². The first-order valence-corrected chi connectivity index (χ1v) is 13.1. The number of carbonyl (C=O) groups excluding carboxylic acids is 3. The van der Waals surface area contributed by atoms with Crippen LogP contribution in [0.4, 0.5) is 0 Å². The summed E-state index contributed by atoms with van der Waals surface area (Å²) in [6.45, 7) is 0.596. The zero-order valence-corrected chi connectivity index (χ0v) is 20.5. The summed E-state index contributed by atoms with van der Waals surface area (Å²) in [6, 6.07) is 7.62. The molecule has 2 saturated heterocycles. The molecule has 3 atom stereocenters. The Bertz CT molecular complexity index is 860. The summed E-state index contributed by atoms with van der Waals surface area (Å²) >= 11 is 0. The van der Waals surface area contributed by atoms with E-state index in [1.807, 2.05) is 30.3 Å². The minimum atomic E-state index is -1.10. The van der Waals surface area contributed by atoms with Crippen LogP contribution >= 0.6 is 0 Å². The Labute approximate surface area is 207 Å². The highest BCUT2D eigenvalue weighted by atomic mass is 16.4. The molecule has 8 heteroatoms. The van der Waals surface area contributed by atoms with Crippen LogP contribution in [0.3, 0.4) is 0 Å². The van der Waals surface area contributed by atoms with E-state index >= 15 is 0 Å². The van der Waals surface area contributed by atoms with Crippen molar-refractivity contribution < 1.29 is 24.3 Å². The number of rotatable bonds is 4. The number of hydrogen-bond acceptors (Lipinski definition) is 4. The summed E-state index contributed by atoms with van der Waals surface area (Å²) < 4.78 is 0. The van der Waals surface area contributed by atoms with Gasteiger partial charge in [-0.25, -0.2) is 4.79 Å². The van der Waals surface area contributed by atoms with Crippen LogP contribution in [0.1, 0.15) is 95.1 Å². The van der Waals surface area contributed by atoms with Crippen molar-refractivity contribution in [1.82, 2.24) is 15.5 Å². The molecule has 3 rings (SSSR count). The Kier molecular flexibility index (Phi) is 10.6. The van der Waals surface area contributed by atoms with Crippen molar-refractivity contribution in [2.45, 2.75) is 102 Å². The van der Waals surface area contributed by atoms with Gasteiger partial charge in [0.05, 0.1) is 12.5 Å². The predicted molar refractivity (Wildman–Crippen MR) is 132 cm³/mol. The van der Waals surface area contributed by atoms with Gasteiger partial charge in [-0.15, -0.1) is 0 Å². The predicted octanol–water partition coefficient (Wildman–Crippen LogP) is 3.71. The molecular formula is C27H39N3O5. The average molecular weight is 486 g/mol. The van der Waals surface area contributed by atoms with E-state index in [2.05, 4.69) is 10.6 Å². The van der Waals surface area contributed by atoms with Crippen LogP contribution in [0.5, 0.6) is 0 Å². The summed E-state index contributed by atoms with van der Waals surface area (Å²) in [5.74, 6) is -2.20. The normalized spacial score (nSPS) is 25.5. The number of hydrogen-bond donors (Lipinski definition) is 3. The van der Waals surface area contributed by atoms with Crippen LogP contribution < -0.4 is 10.6 Å². The number of likely N-dealkylation sites (tertiary alicyclic amines) is 1. The Morgan fingerprint density at radius 3 is 2.20 bits per heavy atom. The van der Waals surface area contributed by atoms with E-state index in [9.17, 15) is 24.3 Å². The average Bonchev–Trinajstić information content (AvgIpc) is 3.34. The molecule has 0 unspecified atom stereocenters. The molecule has 1 aromatic rings. The largest absolute Gasteiger partial charge is 0.480 e. The molecule has 3 amide bonds. The lowest BCUT2D eigenvalue weighted by Crippen LogP contribution is -2.53. The molecule has 0 radical (unpaired) electrons. The fourth-order valence-corrected chi connectivity index (χ4v) is 5.08. The van der Waals surface area contributed by atoms with Crippen molar-refractivity contribution in [2.24, 2.45) is 0 Å². The van der Waals surface area contributed by atoms with E-state index in [1.54, 1.807) is 4.90 Å². The number of benzene rings is 1. The van der Waals surface area contributed by atoms with Crippen LogP contribution in [-0.2, 0) is 19.2 Å². The quantitative estimate of drug-likeness (QED) is 0.601. The molecular weight excluding hydrogens is 446 g/mol. The third-order valence-electron chi connectivity index (χ3n) is 7.05. The molecule has 2 heterocycles. The Balaban J connectivity index is 1.71. The maximum absolute atomic E-state index is 13.3. The number of carboxylic acid groups (broad SMARTS) is 1. The monoisotopic (exact) mass is 485 g/mol. The molecule has 0 spiro atoms. The molecule has 2 aliphatic heterocycles. The molecule has 192 valence electrons. The van der Waals surface area contributed by atoms with E-state index < -0.39 is 24.0 Å². The van der Waals surface area contributed by atoms with Gasteiger partial charge >= 0.3 is 5.97 Å². The van der Waals surface area contributed by atoms with E-state index in [0.717, 1.165) is 63.4 Å². The Hall–Kier alpha value is -2.90. The lowest BCUT2D eigenvalue weighted by Gasteiger charge is -2.28. The van der Waals surface area contributed by atoms with Gasteiger partial charge in [-0.3, -0.25) is 14.4 Å². The zero-order valence-electron chi connectivity index (χ0n) is 20.5. The molecule has 35 heavy (non-hydrogen) atoms. The third-order valence-corrected chi connectivity index (χ3v) is 7.05. The van der Waals surface area contributed by atoms with Crippen molar-refractivity contribution in [3.8, 4) is 0 Å². The van der Waals surface area contributed by atoms with Gasteiger partial charge in [0.25, 0.3) is 0 Å². The SMILES string of the molecule is O=C1CCCCCCCCCC[C@@H](C(=O)O)NC(=O)[C@H](CC(=O)N2CCC[C@@H]2c2ccccc2)N1. The van der Waals surface area contributed by atoms with Gasteiger partial charge in [-0.05, 0) is 31.2 Å². The van der Waals surface area contributed by atoms with Gasteiger partial charge < -0.3 is 20.6 Å². The molecule has 2 aliphatic rings. The molecule has 0 aromatic heterocycles. The van der Waals surface area contributed by atoms with Crippen LogP contribution in [0, 0.1) is 0 Å². The number of aliphatic carboxylic acids is 1. The van der Waals surface area contributed by atoms with Gasteiger partial charge in [0, 0.05) is 13.0 Å². The summed E-state index contributed by atoms with van der Waals surface area (Å²) in [7, 11) is 0. The highest BCUT2D eigenvalue weighted by molar-refractivity contribution is 5.94. The molecule has 0 saturated carbocycles. The summed E-state index contributed by atoms with van der Waals surface area (Å²) in [5, 5.41) is 14.9. The van der Waals surface area contributed by atoms with Crippen LogP contribution in [0.25, 0.3) is 0 Å². The molecule has 2 fully saturated rings. The smallest absolute Gasteiger partial charge is 0.326 e. The zero-order chi connectivity index (χ0) is 25.0. The van der Waals surface area contributed by atoms with Crippen molar-refractivity contribution in [2.75, 3.05) is 6.54 Å². The second-order valence-corrected chi connectivity index (χ2v) is 9.75. The highest BCUT2D eigenvalue weighted by Gasteiger charge is 2.34. The Morgan fingerprint density at radius 1 is 0.857 bits per heavy atom. The standard InChI is InChI=1S/C27H39N3O5/c31-24-17-11-6-4-2-1-3-5-10-15-21(27(34)35)29-26(33)22(28-24)19-25(32)30-18-12-16-23(30)20-13-8-7-9-14-20/h7-9,13-14,21-23H,1-6,10-12,15-19H2,(H,28,31)(H,29,33)(H,34,35)/t21-,22-,23+/m0/s1. The van der Waals surface area contributed by atoms with Crippen molar-refractivity contribution in [3.63, 3.8) is 0 Å². The fraction of sp³-hybridized carbons (Fsp3) is 0.630. The van der Waals surface area contributed by atoms with Crippen molar-refractivity contribution in [1.29, 1.82) is 0 Å². The second-order valence-electron chi connectivity index (χ2n) is 9.75. The van der Waals surface area contributed by atoms with Crippen LogP contribution in [-0.4, -0.2) is 52.3 Å². The molecule has 3 N–H and O–H groups in total. The van der Waals surface area contributed by atoms with Crippen molar-refractivity contribution >= 4 is 23.7 Å². The van der Waals surface area contributed by atoms with Gasteiger partial charge in [0.15, 0.2) is 0 Å². The maximum atomic E-state index is 13.3. The number of carboxylic acids is 1. The molecule has 0 bridgehead atoms. The summed E-state index contributed by atoms with van der Waals surface area (Å²) in [4.78, 5) is 52.6. The topological polar surface area (TPSA) is 116 Å². The first kappa shape index (κ1) is 26.7. The minimum absolute atomic E-state index is 0.0552. The number of amides is 3. The van der Waals surface area contributed by atoms with Crippen LogP contribution in [0.2, 0.25) is 0 Å². The van der Waals surface area contributed by atoms with Gasteiger partial charge in [-0.1, -0.05) is 75.3 Å². The molecule has 1 aromatic carbocycles. The van der Waals surface area contributed by atoms with E-state index in [1.165, 1.54) is 0 Å². The maximum Gasteiger partial charge on any atom is 0.326 e. The number of nitrogens with zero attached hydrogens (tertiary/aromatic N) is 1. The second kappa shape index (κ2) is 13.9. The summed E-state index contributed by atoms with van der Waals surface area (Å²) in [5.41, 5.74) is 1.05. The minimum Gasteiger partial charge on any atom is -0.480 e. The number of nitrogens with one attached hydrogen (secondary N) is 2. The summed E-state index contributed by atoms with van der Waals surface area (Å²) in [6.07, 6.45) is 9.77. The van der Waals surface area contributed by atoms with Gasteiger partial charge in [0.2, 0.25) is 17.7 Å². The number of carbonyl (C=O) groups is 4. The van der Waals surface area contributed by atoms with Crippen molar-refractivity contribution in [3.05, 3.63) is 35.9 Å². The third kappa shape index (κ3) is 8.37. The lowest BCUT2D eigenvalue weighted by atomic mass is 10.0. The van der Waals surface area contributed by atoms with E-state index in [-0.39, 0.29) is 30.7 Å². The molecule has 8 nitrogen and oxygen atoms in total. The first-order valence-electron chi connectivity index (χ1n) is 13.1. The Morgan fingerprint density at radius 2 is 1.51 bits per heavy atom. The fourth-order valence-electron chi connectivity index (χ4n) is 5.08. The van der Waals surface area contributed by atoms with E-state index in [0.29, 0.717) is 19.4 Å². The first-order chi connectivity index (χ1) is 17.0. The van der Waals surface area contributed by atoms with Gasteiger partial charge in [0.1, 0.15) is 12.1 Å².